The van der Waals surface area contributed by atoms with Crippen molar-refractivity contribution in [1.82, 2.24) is 9.47 Å². The lowest BCUT2D eigenvalue weighted by molar-refractivity contribution is -0.114. The molecule has 0 fully saturated rings. The molecular formula is C25H27ClF2N4O4. The SMILES string of the molecule is CCN(C=O)/C(CO)=N\N(C)c1cc2c(C(C)C)cn(-c3c(F)ccc(OC)c3Cl)c(=O)c2cc1F. The fourth-order valence-electron chi connectivity index (χ4n) is 3.87. The summed E-state index contributed by atoms with van der Waals surface area (Å²) < 4.78 is 36.4. The van der Waals surface area contributed by atoms with Crippen LogP contribution < -0.4 is 15.3 Å². The lowest BCUT2D eigenvalue weighted by Crippen LogP contribution is -2.34. The van der Waals surface area contributed by atoms with E-state index >= 15 is 4.39 Å². The summed E-state index contributed by atoms with van der Waals surface area (Å²) in [7, 11) is 2.83. The van der Waals surface area contributed by atoms with Gasteiger partial charge >= 0.3 is 0 Å². The zero-order chi connectivity index (χ0) is 26.7. The molecule has 192 valence electrons. The summed E-state index contributed by atoms with van der Waals surface area (Å²) >= 11 is 6.34. The first-order valence-electron chi connectivity index (χ1n) is 11.1. The Morgan fingerprint density at radius 1 is 1.25 bits per heavy atom. The van der Waals surface area contributed by atoms with Crippen molar-refractivity contribution < 1.29 is 23.4 Å². The first kappa shape index (κ1) is 27.1. The average Bonchev–Trinajstić information content (AvgIpc) is 2.85. The molecule has 1 amide bonds. The third kappa shape index (κ3) is 4.91. The van der Waals surface area contributed by atoms with E-state index in [-0.39, 0.29) is 45.8 Å². The van der Waals surface area contributed by atoms with E-state index in [1.54, 1.807) is 6.92 Å². The fraction of sp³-hybridized carbons (Fsp3) is 0.320. The van der Waals surface area contributed by atoms with Gasteiger partial charge in [0.1, 0.15) is 34.7 Å². The number of carbonyl (C=O) groups is 1. The normalized spacial score (nSPS) is 11.8. The van der Waals surface area contributed by atoms with E-state index < -0.39 is 23.8 Å². The van der Waals surface area contributed by atoms with Gasteiger partial charge in [-0.3, -0.25) is 24.1 Å². The molecule has 11 heteroatoms. The molecule has 36 heavy (non-hydrogen) atoms. The van der Waals surface area contributed by atoms with Gasteiger partial charge < -0.3 is 9.84 Å². The first-order valence-corrected chi connectivity index (χ1v) is 11.5. The number of nitrogens with zero attached hydrogens (tertiary/aromatic N) is 4. The number of hydrogen-bond donors (Lipinski definition) is 1. The van der Waals surface area contributed by atoms with Crippen LogP contribution in [0.4, 0.5) is 14.5 Å². The van der Waals surface area contributed by atoms with Crippen LogP contribution in [0, 0.1) is 11.6 Å². The lowest BCUT2D eigenvalue weighted by Gasteiger charge is -2.22. The molecule has 0 saturated heterocycles. The molecule has 0 aliphatic carbocycles. The second-order valence-electron chi connectivity index (χ2n) is 8.27. The molecule has 2 aromatic carbocycles. The summed E-state index contributed by atoms with van der Waals surface area (Å²) in [5.41, 5.74) is -0.224. The van der Waals surface area contributed by atoms with Crippen LogP contribution in [0.15, 0.2) is 40.4 Å². The number of aliphatic hydroxyl groups excluding tert-OH is 1. The molecule has 0 unspecified atom stereocenters. The Labute approximate surface area is 211 Å². The number of aromatic nitrogens is 1. The number of hydrazone groups is 1. The fourth-order valence-corrected chi connectivity index (χ4v) is 4.20. The van der Waals surface area contributed by atoms with Crippen molar-refractivity contribution >= 4 is 40.3 Å². The van der Waals surface area contributed by atoms with Gasteiger partial charge in [0.2, 0.25) is 6.41 Å². The summed E-state index contributed by atoms with van der Waals surface area (Å²) in [5.74, 6) is -1.45. The number of fused-ring (bicyclic) bond motifs is 1. The minimum absolute atomic E-state index is 0.0139. The molecule has 0 saturated carbocycles. The topological polar surface area (TPSA) is 87.4 Å². The van der Waals surface area contributed by atoms with Gasteiger partial charge in [-0.05, 0) is 48.1 Å². The Morgan fingerprint density at radius 2 is 1.94 bits per heavy atom. The van der Waals surface area contributed by atoms with Gasteiger partial charge in [-0.2, -0.15) is 5.10 Å². The number of halogens is 3. The molecule has 1 N–H and O–H groups in total. The summed E-state index contributed by atoms with van der Waals surface area (Å²) in [6, 6.07) is 5.01. The van der Waals surface area contributed by atoms with E-state index in [1.165, 1.54) is 42.4 Å². The number of carbonyl (C=O) groups excluding carboxylic acids is 1. The van der Waals surface area contributed by atoms with Crippen molar-refractivity contribution in [2.24, 2.45) is 5.10 Å². The predicted octanol–water partition coefficient (Wildman–Crippen LogP) is 4.27. The van der Waals surface area contributed by atoms with Crippen LogP contribution in [0.25, 0.3) is 16.5 Å². The minimum atomic E-state index is -0.776. The smallest absolute Gasteiger partial charge is 0.263 e. The maximum absolute atomic E-state index is 15.3. The van der Waals surface area contributed by atoms with Crippen LogP contribution in [0.5, 0.6) is 5.75 Å². The molecule has 0 spiro atoms. The third-order valence-corrected chi connectivity index (χ3v) is 6.15. The van der Waals surface area contributed by atoms with Crippen molar-refractivity contribution in [3.05, 3.63) is 63.0 Å². The van der Waals surface area contributed by atoms with Crippen molar-refractivity contribution in [3.8, 4) is 11.4 Å². The van der Waals surface area contributed by atoms with Crippen molar-refractivity contribution in [2.45, 2.75) is 26.7 Å². The van der Waals surface area contributed by atoms with Crippen LogP contribution >= 0.6 is 11.6 Å². The van der Waals surface area contributed by atoms with E-state index in [1.807, 2.05) is 13.8 Å². The summed E-state index contributed by atoms with van der Waals surface area (Å²) in [5, 5.41) is 15.3. The van der Waals surface area contributed by atoms with Gasteiger partial charge in [0.05, 0.1) is 18.2 Å². The van der Waals surface area contributed by atoms with Crippen molar-refractivity contribution in [2.75, 3.05) is 32.3 Å². The maximum Gasteiger partial charge on any atom is 0.263 e. The van der Waals surface area contributed by atoms with Gasteiger partial charge in [0, 0.05) is 19.8 Å². The standard InChI is InChI=1S/C25H27ClF2N4O4/c1-6-31(13-34)22(12-33)29-30(4)20-10-15-16(9-19(20)28)25(35)32(11-17(15)14(2)3)24-18(27)7-8-21(36-5)23(24)26/h7-11,13-14,33H,6,12H2,1-5H3/b29-22-. The number of hydrogen-bond acceptors (Lipinski definition) is 6. The Balaban J connectivity index is 2.30. The molecule has 0 atom stereocenters. The van der Waals surface area contributed by atoms with Crippen LogP contribution in [0.1, 0.15) is 32.3 Å². The summed E-state index contributed by atoms with van der Waals surface area (Å²) in [6.07, 6.45) is 2.00. The molecular weight excluding hydrogens is 494 g/mol. The largest absolute Gasteiger partial charge is 0.495 e. The molecule has 0 aliphatic heterocycles. The zero-order valence-electron chi connectivity index (χ0n) is 20.6. The number of likely N-dealkylation sites (N-methyl/N-ethyl adjacent to an activating group) is 1. The highest BCUT2D eigenvalue weighted by Crippen LogP contribution is 2.35. The van der Waals surface area contributed by atoms with E-state index in [9.17, 15) is 19.1 Å². The van der Waals surface area contributed by atoms with Gasteiger partial charge in [0.15, 0.2) is 5.84 Å². The minimum Gasteiger partial charge on any atom is -0.495 e. The monoisotopic (exact) mass is 520 g/mol. The van der Waals surface area contributed by atoms with Gasteiger partial charge in [-0.1, -0.05) is 25.4 Å². The molecule has 8 nitrogen and oxygen atoms in total. The highest BCUT2D eigenvalue weighted by molar-refractivity contribution is 6.34. The number of amidine groups is 1. The van der Waals surface area contributed by atoms with E-state index in [2.05, 4.69) is 5.10 Å². The zero-order valence-corrected chi connectivity index (χ0v) is 21.3. The maximum atomic E-state index is 15.3. The first-order chi connectivity index (χ1) is 17.1. The number of amides is 1. The molecule has 1 heterocycles. The van der Waals surface area contributed by atoms with Crippen LogP contribution in [0.3, 0.4) is 0 Å². The van der Waals surface area contributed by atoms with Gasteiger partial charge in [-0.15, -0.1) is 0 Å². The second kappa shape index (κ2) is 11.0. The van der Waals surface area contributed by atoms with Gasteiger partial charge in [0.25, 0.3) is 5.56 Å². The van der Waals surface area contributed by atoms with Crippen LogP contribution in [-0.4, -0.2) is 54.1 Å². The van der Waals surface area contributed by atoms with Crippen molar-refractivity contribution in [3.63, 3.8) is 0 Å². The Kier molecular flexibility index (Phi) is 8.31. The van der Waals surface area contributed by atoms with Crippen LogP contribution in [0.2, 0.25) is 5.02 Å². The van der Waals surface area contributed by atoms with Crippen LogP contribution in [-0.2, 0) is 4.79 Å². The Bertz CT molecular complexity index is 1390. The van der Waals surface area contributed by atoms with Gasteiger partial charge in [-0.25, -0.2) is 8.78 Å². The molecule has 0 bridgehead atoms. The molecule has 3 aromatic rings. The lowest BCUT2D eigenvalue weighted by atomic mass is 9.97. The number of pyridine rings is 1. The number of aliphatic hydroxyl groups is 1. The highest BCUT2D eigenvalue weighted by atomic mass is 35.5. The molecule has 0 aliphatic rings. The van der Waals surface area contributed by atoms with E-state index in [0.717, 1.165) is 16.7 Å². The molecule has 1 aromatic heterocycles. The number of ether oxygens (including phenoxy) is 1. The molecule has 0 radical (unpaired) electrons. The van der Waals surface area contributed by atoms with Crippen molar-refractivity contribution in [1.29, 1.82) is 0 Å². The van der Waals surface area contributed by atoms with E-state index in [0.29, 0.717) is 17.4 Å². The quantitative estimate of drug-likeness (QED) is 0.207. The van der Waals surface area contributed by atoms with E-state index in [4.69, 9.17) is 16.3 Å². The highest BCUT2D eigenvalue weighted by Gasteiger charge is 2.22. The number of anilines is 1. The third-order valence-electron chi connectivity index (χ3n) is 5.78. The Hall–Kier alpha value is -3.50. The average molecular weight is 521 g/mol. The predicted molar refractivity (Wildman–Crippen MR) is 136 cm³/mol. The summed E-state index contributed by atoms with van der Waals surface area (Å²) in [6.45, 7) is 5.18. The second-order valence-corrected chi connectivity index (χ2v) is 8.64. The number of benzene rings is 2. The molecule has 3 rings (SSSR count). The number of rotatable bonds is 8. The number of methoxy groups -OCH3 is 1. The Morgan fingerprint density at radius 3 is 2.50 bits per heavy atom. The summed E-state index contributed by atoms with van der Waals surface area (Å²) in [4.78, 5) is 25.9.